The molecule has 1 fully saturated rings. The van der Waals surface area contributed by atoms with Crippen LogP contribution in [-0.4, -0.2) is 41.3 Å². The van der Waals surface area contributed by atoms with Crippen LogP contribution in [0.1, 0.15) is 23.6 Å². The van der Waals surface area contributed by atoms with Crippen LogP contribution in [0.4, 0.5) is 4.79 Å². The minimum atomic E-state index is 0.0440. The Hall–Kier alpha value is -2.01. The SMILES string of the molecule is Cc1ccc(SCCCNC(=O)N2CC(c3ccccn3)C2)cc1. The Bertz CT molecular complexity index is 654. The summed E-state index contributed by atoms with van der Waals surface area (Å²) in [6, 6.07) is 14.5. The van der Waals surface area contributed by atoms with Crippen molar-refractivity contribution in [2.24, 2.45) is 0 Å². The number of likely N-dealkylation sites (tertiary alicyclic amines) is 1. The van der Waals surface area contributed by atoms with E-state index in [1.807, 2.05) is 41.1 Å². The maximum absolute atomic E-state index is 12.1. The summed E-state index contributed by atoms with van der Waals surface area (Å²) in [5.74, 6) is 1.40. The molecule has 3 rings (SSSR count). The zero-order valence-corrected chi connectivity index (χ0v) is 14.8. The van der Waals surface area contributed by atoms with Crippen LogP contribution in [0.25, 0.3) is 0 Å². The minimum Gasteiger partial charge on any atom is -0.338 e. The van der Waals surface area contributed by atoms with Crippen molar-refractivity contribution in [1.82, 2.24) is 15.2 Å². The second-order valence-corrected chi connectivity index (χ2v) is 7.27. The fourth-order valence-electron chi connectivity index (χ4n) is 2.65. The monoisotopic (exact) mass is 341 g/mol. The first-order valence-electron chi connectivity index (χ1n) is 8.35. The summed E-state index contributed by atoms with van der Waals surface area (Å²) in [7, 11) is 0. The Morgan fingerprint density at radius 1 is 1.25 bits per heavy atom. The molecule has 1 aliphatic rings. The van der Waals surface area contributed by atoms with Gasteiger partial charge in [0.2, 0.25) is 0 Å². The number of aryl methyl sites for hydroxylation is 1. The van der Waals surface area contributed by atoms with E-state index in [0.717, 1.165) is 37.5 Å². The fourth-order valence-corrected chi connectivity index (χ4v) is 3.51. The third-order valence-electron chi connectivity index (χ3n) is 4.16. The van der Waals surface area contributed by atoms with Gasteiger partial charge in [-0.3, -0.25) is 4.98 Å². The molecule has 0 bridgehead atoms. The number of carbonyl (C=O) groups excluding carboxylic acids is 1. The number of amides is 2. The molecule has 2 amide bonds. The molecule has 1 aromatic heterocycles. The van der Waals surface area contributed by atoms with Crippen LogP contribution >= 0.6 is 11.8 Å². The number of nitrogens with zero attached hydrogens (tertiary/aromatic N) is 2. The van der Waals surface area contributed by atoms with Gasteiger partial charge < -0.3 is 10.2 Å². The van der Waals surface area contributed by atoms with Crippen molar-refractivity contribution in [3.63, 3.8) is 0 Å². The first-order valence-corrected chi connectivity index (χ1v) is 9.34. The Kier molecular flexibility index (Phi) is 5.75. The Morgan fingerprint density at radius 3 is 2.75 bits per heavy atom. The molecule has 4 nitrogen and oxygen atoms in total. The molecule has 0 saturated carbocycles. The van der Waals surface area contributed by atoms with E-state index in [1.54, 1.807) is 0 Å². The largest absolute Gasteiger partial charge is 0.338 e. The average molecular weight is 341 g/mol. The summed E-state index contributed by atoms with van der Waals surface area (Å²) in [4.78, 5) is 19.6. The van der Waals surface area contributed by atoms with Crippen LogP contribution < -0.4 is 5.32 Å². The normalized spacial score (nSPS) is 14.3. The van der Waals surface area contributed by atoms with E-state index in [-0.39, 0.29) is 6.03 Å². The summed E-state index contributed by atoms with van der Waals surface area (Å²) in [6.45, 7) is 4.35. The van der Waals surface area contributed by atoms with Crippen LogP contribution in [0.15, 0.2) is 53.6 Å². The first-order chi connectivity index (χ1) is 11.7. The zero-order valence-electron chi connectivity index (χ0n) is 13.9. The molecule has 1 saturated heterocycles. The second kappa shape index (κ2) is 8.20. The molecule has 5 heteroatoms. The number of thioether (sulfide) groups is 1. The highest BCUT2D eigenvalue weighted by Crippen LogP contribution is 2.25. The van der Waals surface area contributed by atoms with Gasteiger partial charge in [-0.25, -0.2) is 4.79 Å². The second-order valence-electron chi connectivity index (χ2n) is 6.10. The summed E-state index contributed by atoms with van der Waals surface area (Å²) in [6.07, 6.45) is 2.78. The van der Waals surface area contributed by atoms with Gasteiger partial charge in [-0.05, 0) is 43.4 Å². The van der Waals surface area contributed by atoms with E-state index in [4.69, 9.17) is 0 Å². The quantitative estimate of drug-likeness (QED) is 0.644. The lowest BCUT2D eigenvalue weighted by molar-refractivity contribution is 0.150. The van der Waals surface area contributed by atoms with Crippen LogP contribution in [0.2, 0.25) is 0 Å². The third kappa shape index (κ3) is 4.51. The number of aromatic nitrogens is 1. The molecule has 126 valence electrons. The van der Waals surface area contributed by atoms with Gasteiger partial charge in [0.05, 0.1) is 0 Å². The number of carbonyl (C=O) groups is 1. The van der Waals surface area contributed by atoms with Crippen LogP contribution in [0, 0.1) is 6.92 Å². The lowest BCUT2D eigenvalue weighted by atomic mass is 9.96. The molecule has 2 aromatic rings. The van der Waals surface area contributed by atoms with Gasteiger partial charge in [0.1, 0.15) is 0 Å². The molecule has 0 spiro atoms. The van der Waals surface area contributed by atoms with Crippen molar-refractivity contribution in [3.8, 4) is 0 Å². The van der Waals surface area contributed by atoms with Crippen LogP contribution in [-0.2, 0) is 0 Å². The highest BCUT2D eigenvalue weighted by molar-refractivity contribution is 7.99. The average Bonchev–Trinajstić information content (AvgIpc) is 2.56. The van der Waals surface area contributed by atoms with Gasteiger partial charge in [0.15, 0.2) is 0 Å². The van der Waals surface area contributed by atoms with Crippen LogP contribution in [0.5, 0.6) is 0 Å². The van der Waals surface area contributed by atoms with Crippen molar-refractivity contribution >= 4 is 17.8 Å². The summed E-state index contributed by atoms with van der Waals surface area (Å²) < 4.78 is 0. The van der Waals surface area contributed by atoms with E-state index in [9.17, 15) is 4.79 Å². The first kappa shape index (κ1) is 16.8. The molecule has 0 atom stereocenters. The molecular weight excluding hydrogens is 318 g/mol. The number of nitrogens with one attached hydrogen (secondary N) is 1. The summed E-state index contributed by atoms with van der Waals surface area (Å²) in [5, 5.41) is 3.01. The van der Waals surface area contributed by atoms with Gasteiger partial charge in [0.25, 0.3) is 0 Å². The standard InChI is InChI=1S/C19H23N3OS/c1-15-6-8-17(9-7-15)24-12-4-11-21-19(23)22-13-16(14-22)18-5-2-3-10-20-18/h2-3,5-10,16H,4,11-14H2,1H3,(H,21,23). The minimum absolute atomic E-state index is 0.0440. The molecule has 1 aliphatic heterocycles. The zero-order chi connectivity index (χ0) is 16.8. The maximum Gasteiger partial charge on any atom is 0.317 e. The molecule has 0 radical (unpaired) electrons. The summed E-state index contributed by atoms with van der Waals surface area (Å²) >= 11 is 1.83. The summed E-state index contributed by atoms with van der Waals surface area (Å²) in [5.41, 5.74) is 2.36. The molecule has 0 aliphatic carbocycles. The van der Waals surface area contributed by atoms with Crippen molar-refractivity contribution in [3.05, 3.63) is 59.9 Å². The highest BCUT2D eigenvalue weighted by atomic mass is 32.2. The fraction of sp³-hybridized carbons (Fsp3) is 0.368. The smallest absolute Gasteiger partial charge is 0.317 e. The van der Waals surface area contributed by atoms with Gasteiger partial charge in [-0.1, -0.05) is 23.8 Å². The third-order valence-corrected chi connectivity index (χ3v) is 5.26. The Balaban J connectivity index is 1.29. The highest BCUT2D eigenvalue weighted by Gasteiger charge is 2.32. The van der Waals surface area contributed by atoms with Crippen molar-refractivity contribution in [2.75, 3.05) is 25.4 Å². The lowest BCUT2D eigenvalue weighted by Crippen LogP contribution is -2.52. The van der Waals surface area contributed by atoms with Crippen molar-refractivity contribution < 1.29 is 4.79 Å². The van der Waals surface area contributed by atoms with Crippen LogP contribution in [0.3, 0.4) is 0 Å². The topological polar surface area (TPSA) is 45.2 Å². The molecular formula is C19H23N3OS. The maximum atomic E-state index is 12.1. The van der Waals surface area contributed by atoms with Gasteiger partial charge in [0, 0.05) is 42.3 Å². The predicted octanol–water partition coefficient (Wildman–Crippen LogP) is 3.68. The number of hydrogen-bond acceptors (Lipinski definition) is 3. The Morgan fingerprint density at radius 2 is 2.04 bits per heavy atom. The van der Waals surface area contributed by atoms with Crippen molar-refractivity contribution in [2.45, 2.75) is 24.2 Å². The number of pyridine rings is 1. The van der Waals surface area contributed by atoms with E-state index in [0.29, 0.717) is 5.92 Å². The lowest BCUT2D eigenvalue weighted by Gasteiger charge is -2.38. The molecule has 1 aromatic carbocycles. The number of urea groups is 1. The molecule has 2 heterocycles. The van der Waals surface area contributed by atoms with E-state index in [2.05, 4.69) is 41.5 Å². The van der Waals surface area contributed by atoms with E-state index in [1.165, 1.54) is 10.5 Å². The molecule has 0 unspecified atom stereocenters. The molecule has 1 N–H and O–H groups in total. The van der Waals surface area contributed by atoms with E-state index >= 15 is 0 Å². The van der Waals surface area contributed by atoms with Crippen molar-refractivity contribution in [1.29, 1.82) is 0 Å². The number of rotatable bonds is 6. The predicted molar refractivity (Wildman–Crippen MR) is 98.5 cm³/mol. The Labute approximate surface area is 147 Å². The number of benzene rings is 1. The van der Waals surface area contributed by atoms with Gasteiger partial charge >= 0.3 is 6.03 Å². The van der Waals surface area contributed by atoms with Gasteiger partial charge in [-0.2, -0.15) is 0 Å². The number of hydrogen-bond donors (Lipinski definition) is 1. The van der Waals surface area contributed by atoms with Gasteiger partial charge in [-0.15, -0.1) is 11.8 Å². The van der Waals surface area contributed by atoms with E-state index < -0.39 is 0 Å². The molecule has 24 heavy (non-hydrogen) atoms.